The van der Waals surface area contributed by atoms with Crippen molar-refractivity contribution in [2.24, 2.45) is 7.05 Å². The first-order valence-corrected chi connectivity index (χ1v) is 9.90. The molecule has 0 amide bonds. The lowest BCUT2D eigenvalue weighted by Gasteiger charge is -2.10. The zero-order chi connectivity index (χ0) is 19.9. The molecule has 0 bridgehead atoms. The van der Waals surface area contributed by atoms with E-state index in [0.29, 0.717) is 34.0 Å². The molecule has 7 nitrogen and oxygen atoms in total. The van der Waals surface area contributed by atoms with Crippen LogP contribution in [-0.2, 0) is 23.6 Å². The van der Waals surface area contributed by atoms with Gasteiger partial charge in [-0.1, -0.05) is 18.2 Å². The predicted molar refractivity (Wildman–Crippen MR) is 101 cm³/mol. The molecule has 0 atom stereocenters. The molecule has 3 rings (SSSR count). The van der Waals surface area contributed by atoms with E-state index in [9.17, 15) is 12.8 Å². The summed E-state index contributed by atoms with van der Waals surface area (Å²) in [6.07, 6.45) is 0. The van der Waals surface area contributed by atoms with E-state index in [1.165, 1.54) is 10.7 Å². The number of rotatable bonds is 5. The molecule has 0 spiro atoms. The largest absolute Gasteiger partial charge is 0.276 e. The zero-order valence-corrected chi connectivity index (χ0v) is 16.7. The van der Waals surface area contributed by atoms with Crippen LogP contribution in [0, 0.1) is 33.5 Å². The third-order valence-corrected chi connectivity index (χ3v) is 6.21. The average Bonchev–Trinajstić information content (AvgIpc) is 2.99. The Kier molecular flexibility index (Phi) is 4.81. The smallest absolute Gasteiger partial charge is 0.265 e. The molecule has 0 aliphatic rings. The summed E-state index contributed by atoms with van der Waals surface area (Å²) in [5.74, 6) is -0.325. The number of aromatic nitrogens is 4. The third kappa shape index (κ3) is 3.46. The van der Waals surface area contributed by atoms with Gasteiger partial charge in [0, 0.05) is 12.6 Å². The molecule has 1 N–H and O–H groups in total. The van der Waals surface area contributed by atoms with Crippen LogP contribution in [0.2, 0.25) is 0 Å². The molecule has 2 heterocycles. The summed E-state index contributed by atoms with van der Waals surface area (Å²) in [6.45, 7) is 7.04. The Bertz CT molecular complexity index is 1120. The van der Waals surface area contributed by atoms with Gasteiger partial charge in [0.05, 0.1) is 35.0 Å². The highest BCUT2D eigenvalue weighted by molar-refractivity contribution is 7.92. The Hall–Kier alpha value is -2.68. The molecule has 0 aliphatic carbocycles. The first-order valence-electron chi connectivity index (χ1n) is 8.42. The number of anilines is 1. The van der Waals surface area contributed by atoms with Crippen molar-refractivity contribution in [3.8, 4) is 0 Å². The van der Waals surface area contributed by atoms with Crippen LogP contribution < -0.4 is 4.72 Å². The van der Waals surface area contributed by atoms with E-state index in [4.69, 9.17) is 0 Å². The number of hydrogen-bond donors (Lipinski definition) is 1. The second kappa shape index (κ2) is 6.80. The van der Waals surface area contributed by atoms with E-state index >= 15 is 0 Å². The number of halogens is 1. The van der Waals surface area contributed by atoms with Crippen molar-refractivity contribution in [1.82, 2.24) is 19.6 Å². The summed E-state index contributed by atoms with van der Waals surface area (Å²) in [7, 11) is -2.13. The molecule has 0 unspecified atom stereocenters. The minimum Gasteiger partial charge on any atom is -0.276 e. The topological polar surface area (TPSA) is 81.8 Å². The molecule has 3 aromatic rings. The highest BCUT2D eigenvalue weighted by Gasteiger charge is 2.26. The van der Waals surface area contributed by atoms with Gasteiger partial charge in [0.2, 0.25) is 0 Å². The van der Waals surface area contributed by atoms with Gasteiger partial charge >= 0.3 is 0 Å². The third-order valence-electron chi connectivity index (χ3n) is 4.61. The molecule has 27 heavy (non-hydrogen) atoms. The molecule has 0 aliphatic heterocycles. The molecule has 0 saturated heterocycles. The van der Waals surface area contributed by atoms with Crippen molar-refractivity contribution in [1.29, 1.82) is 0 Å². The van der Waals surface area contributed by atoms with Gasteiger partial charge in [0.1, 0.15) is 10.7 Å². The molecule has 0 fully saturated rings. The van der Waals surface area contributed by atoms with Gasteiger partial charge in [0.15, 0.2) is 0 Å². The first kappa shape index (κ1) is 19.1. The summed E-state index contributed by atoms with van der Waals surface area (Å²) in [4.78, 5) is 0.158. The van der Waals surface area contributed by atoms with Gasteiger partial charge in [-0.25, -0.2) is 12.8 Å². The fraction of sp³-hybridized carbons (Fsp3) is 0.333. The second-order valence-corrected chi connectivity index (χ2v) is 8.14. The Morgan fingerprint density at radius 1 is 1.04 bits per heavy atom. The first-order chi connectivity index (χ1) is 12.6. The van der Waals surface area contributed by atoms with Crippen molar-refractivity contribution in [3.63, 3.8) is 0 Å². The Balaban J connectivity index is 1.97. The fourth-order valence-electron chi connectivity index (χ4n) is 3.12. The summed E-state index contributed by atoms with van der Waals surface area (Å²) in [5, 5.41) is 8.55. The summed E-state index contributed by atoms with van der Waals surface area (Å²) in [6, 6.07) is 6.44. The van der Waals surface area contributed by atoms with Crippen LogP contribution in [0.25, 0.3) is 0 Å². The molecule has 9 heteroatoms. The Morgan fingerprint density at radius 3 is 2.30 bits per heavy atom. The van der Waals surface area contributed by atoms with Crippen molar-refractivity contribution < 1.29 is 12.8 Å². The fourth-order valence-corrected chi connectivity index (χ4v) is 4.73. The molecular formula is C18H22FN5O2S. The van der Waals surface area contributed by atoms with Crippen LogP contribution in [0.1, 0.15) is 28.3 Å². The van der Waals surface area contributed by atoms with Gasteiger partial charge in [-0.2, -0.15) is 10.2 Å². The van der Waals surface area contributed by atoms with E-state index in [-0.39, 0.29) is 17.3 Å². The van der Waals surface area contributed by atoms with E-state index in [2.05, 4.69) is 14.9 Å². The van der Waals surface area contributed by atoms with E-state index in [0.717, 1.165) is 0 Å². The monoisotopic (exact) mass is 391 g/mol. The van der Waals surface area contributed by atoms with Gasteiger partial charge < -0.3 is 0 Å². The number of aryl methyl sites for hydroxylation is 3. The van der Waals surface area contributed by atoms with Crippen molar-refractivity contribution in [2.75, 3.05) is 4.72 Å². The number of benzene rings is 1. The number of nitrogens with zero attached hydrogens (tertiary/aromatic N) is 4. The SMILES string of the molecule is Cc1nn(Cc2ccccc2F)c(C)c1NS(=O)(=O)c1c(C)nn(C)c1C. The average molecular weight is 391 g/mol. The number of hydrogen-bond acceptors (Lipinski definition) is 4. The zero-order valence-electron chi connectivity index (χ0n) is 15.9. The van der Waals surface area contributed by atoms with Gasteiger partial charge in [-0.15, -0.1) is 0 Å². The highest BCUT2D eigenvalue weighted by Crippen LogP contribution is 2.26. The number of sulfonamides is 1. The van der Waals surface area contributed by atoms with Gasteiger partial charge in [-0.3, -0.25) is 14.1 Å². The summed E-state index contributed by atoms with van der Waals surface area (Å²) in [5.41, 5.74) is 2.99. The van der Waals surface area contributed by atoms with Crippen LogP contribution in [0.5, 0.6) is 0 Å². The Labute approximate surface area is 157 Å². The van der Waals surface area contributed by atoms with Gasteiger partial charge in [0.25, 0.3) is 10.0 Å². The lowest BCUT2D eigenvalue weighted by atomic mass is 10.2. The minimum absolute atomic E-state index is 0.158. The molecule has 0 radical (unpaired) electrons. The van der Waals surface area contributed by atoms with Crippen LogP contribution in [0.15, 0.2) is 29.2 Å². The second-order valence-electron chi connectivity index (χ2n) is 6.52. The van der Waals surface area contributed by atoms with Gasteiger partial charge in [-0.05, 0) is 33.8 Å². The summed E-state index contributed by atoms with van der Waals surface area (Å²) < 4.78 is 45.5. The number of nitrogens with one attached hydrogen (secondary N) is 1. The lowest BCUT2D eigenvalue weighted by molar-refractivity contribution is 0.579. The predicted octanol–water partition coefficient (Wildman–Crippen LogP) is 2.84. The Morgan fingerprint density at radius 2 is 1.70 bits per heavy atom. The van der Waals surface area contributed by atoms with E-state index in [1.54, 1.807) is 57.6 Å². The maximum atomic E-state index is 13.9. The van der Waals surface area contributed by atoms with Crippen molar-refractivity contribution in [2.45, 2.75) is 39.1 Å². The highest BCUT2D eigenvalue weighted by atomic mass is 32.2. The minimum atomic E-state index is -3.83. The van der Waals surface area contributed by atoms with E-state index in [1.807, 2.05) is 0 Å². The molecule has 2 aromatic heterocycles. The quantitative estimate of drug-likeness (QED) is 0.725. The van der Waals surface area contributed by atoms with Crippen molar-refractivity contribution >= 4 is 15.7 Å². The molecular weight excluding hydrogens is 369 g/mol. The van der Waals surface area contributed by atoms with Crippen LogP contribution >= 0.6 is 0 Å². The lowest BCUT2D eigenvalue weighted by Crippen LogP contribution is -2.16. The van der Waals surface area contributed by atoms with Crippen molar-refractivity contribution in [3.05, 3.63) is 58.4 Å². The molecule has 1 aromatic carbocycles. The maximum absolute atomic E-state index is 13.9. The summed E-state index contributed by atoms with van der Waals surface area (Å²) >= 11 is 0. The standard InChI is InChI=1S/C18H22FN5O2S/c1-11-17(22-27(25,26)18-12(2)20-23(5)14(18)4)13(3)24(21-11)10-15-8-6-7-9-16(15)19/h6-9,22H,10H2,1-5H3. The van der Waals surface area contributed by atoms with Crippen LogP contribution in [0.3, 0.4) is 0 Å². The van der Waals surface area contributed by atoms with E-state index < -0.39 is 10.0 Å². The molecule has 0 saturated carbocycles. The van der Waals surface area contributed by atoms with Crippen LogP contribution in [0.4, 0.5) is 10.1 Å². The normalized spacial score (nSPS) is 11.8. The molecule has 144 valence electrons. The maximum Gasteiger partial charge on any atom is 0.265 e. The van der Waals surface area contributed by atoms with Crippen LogP contribution in [-0.4, -0.2) is 28.0 Å².